The van der Waals surface area contributed by atoms with Gasteiger partial charge in [-0.15, -0.1) is 0 Å². The molecule has 0 saturated heterocycles. The summed E-state index contributed by atoms with van der Waals surface area (Å²) in [6.45, 7) is -0.381. The van der Waals surface area contributed by atoms with Gasteiger partial charge in [0.2, 0.25) is 0 Å². The van der Waals surface area contributed by atoms with Crippen LogP contribution in [-0.4, -0.2) is 28.4 Å². The molecule has 1 amide bonds. The van der Waals surface area contributed by atoms with E-state index in [0.717, 1.165) is 4.90 Å². The maximum atomic E-state index is 13.3. The molecular formula is C23H19F2NO4. The number of carboxylic acid groups (broad SMARTS) is 1. The summed E-state index contributed by atoms with van der Waals surface area (Å²) in [5.41, 5.74) is 1.48. The number of ether oxygens (including phenoxy) is 1. The van der Waals surface area contributed by atoms with E-state index in [4.69, 9.17) is 4.74 Å². The van der Waals surface area contributed by atoms with E-state index in [-0.39, 0.29) is 24.5 Å². The van der Waals surface area contributed by atoms with Gasteiger partial charge in [0.05, 0.1) is 0 Å². The number of carboxylic acids is 1. The molecule has 7 heteroatoms. The number of carbonyl (C=O) groups excluding carboxylic acids is 1. The summed E-state index contributed by atoms with van der Waals surface area (Å²) in [6.07, 6.45) is 0. The second kappa shape index (κ2) is 9.65. The highest BCUT2D eigenvalue weighted by Gasteiger charge is 2.19. The normalized spacial score (nSPS) is 10.5. The number of benzene rings is 3. The largest absolute Gasteiger partial charge is 0.489 e. The van der Waals surface area contributed by atoms with E-state index in [1.165, 1.54) is 42.5 Å². The molecule has 0 spiro atoms. The van der Waals surface area contributed by atoms with Crippen molar-refractivity contribution >= 4 is 11.9 Å². The lowest BCUT2D eigenvalue weighted by molar-refractivity contribution is -0.137. The minimum Gasteiger partial charge on any atom is -0.489 e. The third-order valence-corrected chi connectivity index (χ3v) is 4.28. The Morgan fingerprint density at radius 3 is 2.30 bits per heavy atom. The van der Waals surface area contributed by atoms with E-state index in [0.29, 0.717) is 16.9 Å². The molecule has 0 aliphatic carbocycles. The highest BCUT2D eigenvalue weighted by atomic mass is 19.1. The number of hydrogen-bond donors (Lipinski definition) is 1. The topological polar surface area (TPSA) is 66.8 Å². The van der Waals surface area contributed by atoms with Gasteiger partial charge < -0.3 is 14.7 Å². The van der Waals surface area contributed by atoms with Crippen LogP contribution < -0.4 is 4.74 Å². The van der Waals surface area contributed by atoms with E-state index >= 15 is 0 Å². The highest BCUT2D eigenvalue weighted by molar-refractivity contribution is 5.96. The molecule has 154 valence electrons. The highest BCUT2D eigenvalue weighted by Crippen LogP contribution is 2.18. The first-order chi connectivity index (χ1) is 14.4. The van der Waals surface area contributed by atoms with E-state index < -0.39 is 24.2 Å². The Bertz CT molecular complexity index is 1040. The second-order valence-corrected chi connectivity index (χ2v) is 6.63. The van der Waals surface area contributed by atoms with Crippen LogP contribution in [-0.2, 0) is 17.9 Å². The summed E-state index contributed by atoms with van der Waals surface area (Å²) < 4.78 is 32.0. The van der Waals surface area contributed by atoms with Crippen LogP contribution in [0.25, 0.3) is 0 Å². The molecule has 0 aliphatic heterocycles. The van der Waals surface area contributed by atoms with Gasteiger partial charge in [-0.3, -0.25) is 9.59 Å². The number of carbonyl (C=O) groups is 2. The average molecular weight is 411 g/mol. The lowest BCUT2D eigenvalue weighted by Gasteiger charge is -2.21. The summed E-state index contributed by atoms with van der Waals surface area (Å²) in [7, 11) is 0. The molecule has 0 bridgehead atoms. The molecule has 0 fully saturated rings. The molecule has 3 aromatic rings. The first-order valence-corrected chi connectivity index (χ1v) is 9.13. The molecular weight excluding hydrogens is 392 g/mol. The average Bonchev–Trinajstić information content (AvgIpc) is 2.73. The fraction of sp³-hybridized carbons (Fsp3) is 0.130. The lowest BCUT2D eigenvalue weighted by Crippen LogP contribution is -2.35. The van der Waals surface area contributed by atoms with E-state index in [1.807, 2.05) is 0 Å². The number of halogens is 2. The number of rotatable bonds is 8. The third kappa shape index (κ3) is 5.88. The van der Waals surface area contributed by atoms with Crippen LogP contribution in [0.2, 0.25) is 0 Å². The zero-order valence-electron chi connectivity index (χ0n) is 15.9. The summed E-state index contributed by atoms with van der Waals surface area (Å²) >= 11 is 0. The Morgan fingerprint density at radius 2 is 1.60 bits per heavy atom. The van der Waals surface area contributed by atoms with Crippen molar-refractivity contribution in [3.05, 3.63) is 101 Å². The van der Waals surface area contributed by atoms with Crippen molar-refractivity contribution in [2.45, 2.75) is 13.2 Å². The molecule has 1 N–H and O–H groups in total. The molecule has 3 aromatic carbocycles. The summed E-state index contributed by atoms with van der Waals surface area (Å²) in [4.78, 5) is 25.3. The Labute approximate surface area is 172 Å². The second-order valence-electron chi connectivity index (χ2n) is 6.63. The summed E-state index contributed by atoms with van der Waals surface area (Å²) in [5.74, 6) is -2.06. The molecule has 5 nitrogen and oxygen atoms in total. The van der Waals surface area contributed by atoms with Crippen molar-refractivity contribution < 1.29 is 28.2 Å². The van der Waals surface area contributed by atoms with Crippen LogP contribution in [0.3, 0.4) is 0 Å². The fourth-order valence-corrected chi connectivity index (χ4v) is 2.87. The number of amides is 1. The minimum atomic E-state index is -1.16. The SMILES string of the molecule is O=C(O)CN(Cc1ccc(F)cc1)C(=O)c1cccc(OCc2cccc(F)c2)c1. The first-order valence-electron chi connectivity index (χ1n) is 9.13. The molecule has 30 heavy (non-hydrogen) atoms. The molecule has 0 atom stereocenters. The molecule has 0 saturated carbocycles. The molecule has 0 heterocycles. The van der Waals surface area contributed by atoms with Crippen molar-refractivity contribution in [1.29, 1.82) is 0 Å². The number of aliphatic carboxylic acids is 1. The van der Waals surface area contributed by atoms with Gasteiger partial charge in [-0.1, -0.05) is 30.3 Å². The standard InChI is InChI=1S/C23H19F2NO4/c24-19-9-7-16(8-10-19)13-26(14-22(27)28)23(29)18-4-2-6-21(12-18)30-15-17-3-1-5-20(25)11-17/h1-12H,13-15H2,(H,27,28). The Kier molecular flexibility index (Phi) is 6.75. The van der Waals surface area contributed by atoms with Crippen LogP contribution in [0, 0.1) is 11.6 Å². The zero-order valence-corrected chi connectivity index (χ0v) is 15.9. The molecule has 0 radical (unpaired) electrons. The van der Waals surface area contributed by atoms with E-state index in [9.17, 15) is 23.5 Å². The van der Waals surface area contributed by atoms with Gasteiger partial charge in [0, 0.05) is 12.1 Å². The zero-order chi connectivity index (χ0) is 21.5. The minimum absolute atomic E-state index is 0.0137. The van der Waals surface area contributed by atoms with Crippen LogP contribution >= 0.6 is 0 Å². The number of hydrogen-bond acceptors (Lipinski definition) is 3. The molecule has 3 rings (SSSR count). The number of nitrogens with zero attached hydrogens (tertiary/aromatic N) is 1. The van der Waals surface area contributed by atoms with Crippen LogP contribution in [0.4, 0.5) is 8.78 Å². The smallest absolute Gasteiger partial charge is 0.323 e. The summed E-state index contributed by atoms with van der Waals surface area (Å²) in [6, 6.07) is 17.8. The van der Waals surface area contributed by atoms with Crippen LogP contribution in [0.5, 0.6) is 5.75 Å². The molecule has 0 aliphatic rings. The van der Waals surface area contributed by atoms with Gasteiger partial charge in [-0.25, -0.2) is 8.78 Å². The fourth-order valence-electron chi connectivity index (χ4n) is 2.87. The van der Waals surface area contributed by atoms with Crippen molar-refractivity contribution in [1.82, 2.24) is 4.90 Å². The lowest BCUT2D eigenvalue weighted by atomic mass is 10.1. The first kappa shape index (κ1) is 21.0. The van der Waals surface area contributed by atoms with Gasteiger partial charge in [-0.2, -0.15) is 0 Å². The maximum Gasteiger partial charge on any atom is 0.323 e. The van der Waals surface area contributed by atoms with Gasteiger partial charge in [0.25, 0.3) is 5.91 Å². The van der Waals surface area contributed by atoms with Crippen LogP contribution in [0.15, 0.2) is 72.8 Å². The van der Waals surface area contributed by atoms with Gasteiger partial charge in [-0.05, 0) is 53.6 Å². The van der Waals surface area contributed by atoms with Gasteiger partial charge in [0.1, 0.15) is 30.5 Å². The maximum absolute atomic E-state index is 13.3. The van der Waals surface area contributed by atoms with Crippen molar-refractivity contribution in [2.75, 3.05) is 6.54 Å². The van der Waals surface area contributed by atoms with Gasteiger partial charge >= 0.3 is 5.97 Å². The monoisotopic (exact) mass is 411 g/mol. The van der Waals surface area contributed by atoms with E-state index in [1.54, 1.807) is 30.3 Å². The van der Waals surface area contributed by atoms with Crippen molar-refractivity contribution in [3.8, 4) is 5.75 Å². The Hall–Kier alpha value is -3.74. The van der Waals surface area contributed by atoms with E-state index in [2.05, 4.69) is 0 Å². The van der Waals surface area contributed by atoms with Crippen molar-refractivity contribution in [3.63, 3.8) is 0 Å². The third-order valence-electron chi connectivity index (χ3n) is 4.28. The van der Waals surface area contributed by atoms with Gasteiger partial charge in [0.15, 0.2) is 0 Å². The predicted molar refractivity (Wildman–Crippen MR) is 106 cm³/mol. The van der Waals surface area contributed by atoms with Crippen LogP contribution in [0.1, 0.15) is 21.5 Å². The predicted octanol–water partition coefficient (Wildman–Crippen LogP) is 4.27. The quantitative estimate of drug-likeness (QED) is 0.601. The molecule has 0 aromatic heterocycles. The molecule has 0 unspecified atom stereocenters. The Balaban J connectivity index is 1.74. The Morgan fingerprint density at radius 1 is 0.867 bits per heavy atom. The van der Waals surface area contributed by atoms with Crippen molar-refractivity contribution in [2.24, 2.45) is 0 Å². The summed E-state index contributed by atoms with van der Waals surface area (Å²) in [5, 5.41) is 9.18.